The molecule has 1 saturated carbocycles. The Kier molecular flexibility index (Phi) is 5.38. The molecule has 4 nitrogen and oxygen atoms in total. The Balaban J connectivity index is 1.98. The first kappa shape index (κ1) is 16.4. The van der Waals surface area contributed by atoms with E-state index in [4.69, 9.17) is 20.2 Å². The van der Waals surface area contributed by atoms with Crippen molar-refractivity contribution in [2.45, 2.75) is 32.6 Å². The van der Waals surface area contributed by atoms with Crippen molar-refractivity contribution in [2.24, 2.45) is 5.41 Å². The molecule has 1 aliphatic carbocycles. The molecule has 0 aliphatic heterocycles. The molecule has 2 rings (SSSR count). The second-order valence-corrected chi connectivity index (χ2v) is 8.36. The second-order valence-electron chi connectivity index (χ2n) is 5.58. The summed E-state index contributed by atoms with van der Waals surface area (Å²) in [6, 6.07) is 7.36. The number of hydrogen-bond donors (Lipinski definition) is 0. The van der Waals surface area contributed by atoms with Gasteiger partial charge in [0.1, 0.15) is 11.5 Å². The maximum Gasteiger partial charge on any atom is 0.233 e. The van der Waals surface area contributed by atoms with Gasteiger partial charge in [0.25, 0.3) is 0 Å². The van der Waals surface area contributed by atoms with E-state index < -0.39 is 9.05 Å². The molecule has 0 bridgehead atoms. The maximum atomic E-state index is 11.4. The average molecular weight is 333 g/mol. The molecule has 21 heavy (non-hydrogen) atoms. The molecule has 0 saturated heterocycles. The van der Waals surface area contributed by atoms with Crippen LogP contribution in [0, 0.1) is 5.41 Å². The van der Waals surface area contributed by atoms with E-state index in [0.717, 1.165) is 37.2 Å². The molecule has 1 aliphatic rings. The molecule has 0 amide bonds. The molecule has 1 aromatic carbocycles. The van der Waals surface area contributed by atoms with Gasteiger partial charge < -0.3 is 9.47 Å². The predicted octanol–water partition coefficient (Wildman–Crippen LogP) is 3.59. The lowest BCUT2D eigenvalue weighted by molar-refractivity contribution is 0.171. The van der Waals surface area contributed by atoms with Gasteiger partial charge in [0, 0.05) is 16.1 Å². The molecular formula is C15H21ClO4S. The molecule has 6 heteroatoms. The molecule has 0 radical (unpaired) electrons. The highest BCUT2D eigenvalue weighted by atomic mass is 35.7. The van der Waals surface area contributed by atoms with Gasteiger partial charge in [0.2, 0.25) is 9.05 Å². The minimum absolute atomic E-state index is 0.0153. The fourth-order valence-corrected chi connectivity index (χ4v) is 4.65. The number of rotatable bonds is 7. The third kappa shape index (κ3) is 5.08. The van der Waals surface area contributed by atoms with Crippen LogP contribution in [-0.2, 0) is 9.05 Å². The number of benzene rings is 1. The van der Waals surface area contributed by atoms with Crippen molar-refractivity contribution in [2.75, 3.05) is 19.0 Å². The topological polar surface area (TPSA) is 52.6 Å². The lowest BCUT2D eigenvalue weighted by Gasteiger charge is -2.27. The molecular weight excluding hydrogens is 312 g/mol. The van der Waals surface area contributed by atoms with Gasteiger partial charge in [0.15, 0.2) is 0 Å². The Bertz CT molecular complexity index is 548. The largest absolute Gasteiger partial charge is 0.494 e. The van der Waals surface area contributed by atoms with Crippen molar-refractivity contribution in [3.63, 3.8) is 0 Å². The Morgan fingerprint density at radius 1 is 1.10 bits per heavy atom. The van der Waals surface area contributed by atoms with Crippen LogP contribution >= 0.6 is 10.7 Å². The van der Waals surface area contributed by atoms with Crippen LogP contribution in [0.4, 0.5) is 0 Å². The second kappa shape index (κ2) is 6.88. The quantitative estimate of drug-likeness (QED) is 0.716. The van der Waals surface area contributed by atoms with Crippen LogP contribution in [0.15, 0.2) is 24.3 Å². The molecule has 1 aromatic rings. The Hall–Kier alpha value is -0.940. The smallest absolute Gasteiger partial charge is 0.233 e. The minimum Gasteiger partial charge on any atom is -0.494 e. The zero-order valence-corrected chi connectivity index (χ0v) is 13.8. The van der Waals surface area contributed by atoms with Crippen LogP contribution in [0.3, 0.4) is 0 Å². The van der Waals surface area contributed by atoms with Crippen LogP contribution in [0.1, 0.15) is 32.6 Å². The van der Waals surface area contributed by atoms with Gasteiger partial charge >= 0.3 is 0 Å². The Morgan fingerprint density at radius 3 is 2.10 bits per heavy atom. The normalized spacial score (nSPS) is 17.6. The van der Waals surface area contributed by atoms with Gasteiger partial charge in [-0.1, -0.05) is 12.8 Å². The van der Waals surface area contributed by atoms with E-state index in [2.05, 4.69) is 0 Å². The summed E-state index contributed by atoms with van der Waals surface area (Å²) in [7, 11) is 1.93. The lowest BCUT2D eigenvalue weighted by atomic mass is 9.90. The van der Waals surface area contributed by atoms with E-state index in [1.165, 1.54) is 0 Å². The van der Waals surface area contributed by atoms with Crippen LogP contribution in [0.5, 0.6) is 11.5 Å². The summed E-state index contributed by atoms with van der Waals surface area (Å²) in [6.07, 6.45) is 3.74. The number of hydrogen-bond acceptors (Lipinski definition) is 4. The summed E-state index contributed by atoms with van der Waals surface area (Å²) in [5, 5.41) is 0. The summed E-state index contributed by atoms with van der Waals surface area (Å²) in [4.78, 5) is 0. The van der Waals surface area contributed by atoms with E-state index in [0.29, 0.717) is 13.2 Å². The van der Waals surface area contributed by atoms with Gasteiger partial charge in [-0.3, -0.25) is 0 Å². The minimum atomic E-state index is -3.51. The Labute approximate surface area is 130 Å². The van der Waals surface area contributed by atoms with Gasteiger partial charge in [0.05, 0.1) is 19.0 Å². The first-order valence-electron chi connectivity index (χ1n) is 7.20. The van der Waals surface area contributed by atoms with E-state index in [-0.39, 0.29) is 11.2 Å². The summed E-state index contributed by atoms with van der Waals surface area (Å²) in [5.41, 5.74) is -0.348. The van der Waals surface area contributed by atoms with Crippen molar-refractivity contribution >= 4 is 19.7 Å². The monoisotopic (exact) mass is 332 g/mol. The number of halogens is 1. The van der Waals surface area contributed by atoms with Crippen molar-refractivity contribution in [3.8, 4) is 11.5 Å². The molecule has 0 unspecified atom stereocenters. The van der Waals surface area contributed by atoms with Gasteiger partial charge in [-0.15, -0.1) is 0 Å². The molecule has 0 spiro atoms. The highest BCUT2D eigenvalue weighted by Gasteiger charge is 2.38. The number of ether oxygens (including phenoxy) is 2. The Morgan fingerprint density at radius 2 is 1.62 bits per heavy atom. The fraction of sp³-hybridized carbons (Fsp3) is 0.600. The van der Waals surface area contributed by atoms with Crippen LogP contribution < -0.4 is 9.47 Å². The van der Waals surface area contributed by atoms with Crippen molar-refractivity contribution in [3.05, 3.63) is 24.3 Å². The molecule has 1 fully saturated rings. The van der Waals surface area contributed by atoms with E-state index in [1.807, 2.05) is 31.2 Å². The molecule has 0 N–H and O–H groups in total. The summed E-state index contributed by atoms with van der Waals surface area (Å²) in [5.74, 6) is 1.50. The average Bonchev–Trinajstić information content (AvgIpc) is 2.85. The van der Waals surface area contributed by atoms with Crippen LogP contribution in [0.2, 0.25) is 0 Å². The van der Waals surface area contributed by atoms with Crippen molar-refractivity contribution < 1.29 is 17.9 Å². The zero-order chi connectivity index (χ0) is 15.3. The van der Waals surface area contributed by atoms with E-state index >= 15 is 0 Å². The SMILES string of the molecule is CCOc1ccc(OCC2(CS(=O)(=O)Cl)CCCC2)cc1. The van der Waals surface area contributed by atoms with Gasteiger partial charge in [-0.25, -0.2) is 8.42 Å². The van der Waals surface area contributed by atoms with Crippen LogP contribution in [-0.4, -0.2) is 27.4 Å². The lowest BCUT2D eigenvalue weighted by Crippen LogP contribution is -2.32. The summed E-state index contributed by atoms with van der Waals surface area (Å²) in [6.45, 7) is 2.94. The molecule has 0 atom stereocenters. The summed E-state index contributed by atoms with van der Waals surface area (Å²) < 4.78 is 34.0. The molecule has 0 aromatic heterocycles. The maximum absolute atomic E-state index is 11.4. The fourth-order valence-electron chi connectivity index (χ4n) is 2.86. The first-order valence-corrected chi connectivity index (χ1v) is 9.68. The van der Waals surface area contributed by atoms with Crippen molar-refractivity contribution in [1.29, 1.82) is 0 Å². The third-order valence-electron chi connectivity index (χ3n) is 3.82. The van der Waals surface area contributed by atoms with Crippen LogP contribution in [0.25, 0.3) is 0 Å². The van der Waals surface area contributed by atoms with E-state index in [1.54, 1.807) is 0 Å². The summed E-state index contributed by atoms with van der Waals surface area (Å²) >= 11 is 0. The highest BCUT2D eigenvalue weighted by Crippen LogP contribution is 2.40. The van der Waals surface area contributed by atoms with E-state index in [9.17, 15) is 8.42 Å². The van der Waals surface area contributed by atoms with Gasteiger partial charge in [-0.2, -0.15) is 0 Å². The zero-order valence-electron chi connectivity index (χ0n) is 12.2. The first-order chi connectivity index (χ1) is 9.92. The molecule has 118 valence electrons. The predicted molar refractivity (Wildman–Crippen MR) is 83.6 cm³/mol. The molecule has 0 heterocycles. The standard InChI is InChI=1S/C15H21ClO4S/c1-2-19-13-5-7-14(8-6-13)20-11-15(9-3-4-10-15)12-21(16,17)18/h5-8H,2-4,9-12H2,1H3. The van der Waals surface area contributed by atoms with Crippen molar-refractivity contribution in [1.82, 2.24) is 0 Å². The van der Waals surface area contributed by atoms with Gasteiger partial charge in [-0.05, 0) is 44.0 Å². The highest BCUT2D eigenvalue weighted by molar-refractivity contribution is 8.13. The third-order valence-corrected chi connectivity index (χ3v) is 5.11.